The van der Waals surface area contributed by atoms with Crippen LogP contribution in [-0.2, 0) is 0 Å². The lowest BCUT2D eigenvalue weighted by Gasteiger charge is -2.39. The van der Waals surface area contributed by atoms with Crippen molar-refractivity contribution < 1.29 is 4.79 Å². The lowest BCUT2D eigenvalue weighted by molar-refractivity contribution is 0.0828. The largest absolute Gasteiger partial charge is 0.399 e. The van der Waals surface area contributed by atoms with E-state index >= 15 is 0 Å². The van der Waals surface area contributed by atoms with Gasteiger partial charge in [0.1, 0.15) is 0 Å². The fraction of sp³-hybridized carbons (Fsp3) is 0.562. The molecule has 0 bridgehead atoms. The first-order valence-corrected chi connectivity index (χ1v) is 7.50. The van der Waals surface area contributed by atoms with E-state index in [1.54, 1.807) is 25.1 Å². The van der Waals surface area contributed by atoms with Gasteiger partial charge in [-0.25, -0.2) is 0 Å². The second kappa shape index (κ2) is 6.35. The molecular formula is C16H26N4O. The van der Waals surface area contributed by atoms with Gasteiger partial charge in [-0.1, -0.05) is 0 Å². The number of nitrogens with two attached hydrogens (primary N) is 1. The zero-order valence-electron chi connectivity index (χ0n) is 13.5. The summed E-state index contributed by atoms with van der Waals surface area (Å²) < 4.78 is 0. The summed E-state index contributed by atoms with van der Waals surface area (Å²) in [5.74, 6) is 0.0243. The maximum absolute atomic E-state index is 12.3. The molecule has 21 heavy (non-hydrogen) atoms. The lowest BCUT2D eigenvalue weighted by atomic mass is 10.1. The lowest BCUT2D eigenvalue weighted by Crippen LogP contribution is -2.49. The minimum absolute atomic E-state index is 0.0243. The summed E-state index contributed by atoms with van der Waals surface area (Å²) in [7, 11) is 3.55. The first-order chi connectivity index (χ1) is 9.90. The smallest absolute Gasteiger partial charge is 0.255 e. The average Bonchev–Trinajstić information content (AvgIpc) is 2.46. The second-order valence-electron chi connectivity index (χ2n) is 6.09. The monoisotopic (exact) mass is 290 g/mol. The van der Waals surface area contributed by atoms with E-state index in [-0.39, 0.29) is 5.91 Å². The molecule has 0 aromatic heterocycles. The van der Waals surface area contributed by atoms with Crippen LogP contribution in [0.4, 0.5) is 11.4 Å². The van der Waals surface area contributed by atoms with Gasteiger partial charge in [0.05, 0.1) is 11.3 Å². The van der Waals surface area contributed by atoms with Crippen LogP contribution >= 0.6 is 0 Å². The summed E-state index contributed by atoms with van der Waals surface area (Å²) in [6.45, 7) is 8.32. The zero-order valence-corrected chi connectivity index (χ0v) is 13.5. The molecule has 2 N–H and O–H groups in total. The average molecular weight is 290 g/mol. The van der Waals surface area contributed by atoms with E-state index in [1.807, 2.05) is 12.1 Å². The van der Waals surface area contributed by atoms with Crippen molar-refractivity contribution in [3.63, 3.8) is 0 Å². The Kier molecular flexibility index (Phi) is 4.73. The Morgan fingerprint density at radius 3 is 2.33 bits per heavy atom. The van der Waals surface area contributed by atoms with Gasteiger partial charge >= 0.3 is 0 Å². The Labute approximate surface area is 127 Å². The molecule has 2 rings (SSSR count). The number of benzene rings is 1. The highest BCUT2D eigenvalue weighted by Crippen LogP contribution is 2.26. The van der Waals surface area contributed by atoms with Crippen molar-refractivity contribution in [3.8, 4) is 0 Å². The normalized spacial score (nSPS) is 16.3. The maximum Gasteiger partial charge on any atom is 0.255 e. The van der Waals surface area contributed by atoms with E-state index in [9.17, 15) is 4.79 Å². The van der Waals surface area contributed by atoms with Crippen LogP contribution in [0.3, 0.4) is 0 Å². The number of anilines is 2. The predicted octanol–water partition coefficient (Wildman–Crippen LogP) is 1.50. The van der Waals surface area contributed by atoms with Gasteiger partial charge in [0, 0.05) is 52.0 Å². The van der Waals surface area contributed by atoms with Crippen molar-refractivity contribution in [2.45, 2.75) is 19.9 Å². The minimum atomic E-state index is 0.0243. The molecule has 1 aliphatic heterocycles. The van der Waals surface area contributed by atoms with Crippen LogP contribution in [0.15, 0.2) is 18.2 Å². The third kappa shape index (κ3) is 3.47. The number of hydrogen-bond acceptors (Lipinski definition) is 4. The third-order valence-electron chi connectivity index (χ3n) is 4.04. The molecule has 5 heteroatoms. The Bertz CT molecular complexity index is 505. The highest BCUT2D eigenvalue weighted by atomic mass is 16.2. The van der Waals surface area contributed by atoms with E-state index < -0.39 is 0 Å². The van der Waals surface area contributed by atoms with Crippen molar-refractivity contribution in [2.24, 2.45) is 0 Å². The molecule has 0 spiro atoms. The molecule has 1 aromatic rings. The van der Waals surface area contributed by atoms with E-state index in [4.69, 9.17) is 5.73 Å². The van der Waals surface area contributed by atoms with Gasteiger partial charge in [-0.15, -0.1) is 0 Å². The molecule has 1 saturated heterocycles. The van der Waals surface area contributed by atoms with Gasteiger partial charge < -0.3 is 15.5 Å². The maximum atomic E-state index is 12.3. The number of rotatable bonds is 3. The third-order valence-corrected chi connectivity index (χ3v) is 4.04. The van der Waals surface area contributed by atoms with Crippen LogP contribution in [0.2, 0.25) is 0 Å². The number of carbonyl (C=O) groups is 1. The fourth-order valence-electron chi connectivity index (χ4n) is 2.71. The van der Waals surface area contributed by atoms with Crippen molar-refractivity contribution in [3.05, 3.63) is 23.8 Å². The zero-order chi connectivity index (χ0) is 15.6. The van der Waals surface area contributed by atoms with Gasteiger partial charge in [0.15, 0.2) is 0 Å². The quantitative estimate of drug-likeness (QED) is 0.857. The summed E-state index contributed by atoms with van der Waals surface area (Å²) >= 11 is 0. The Morgan fingerprint density at radius 2 is 1.81 bits per heavy atom. The first kappa shape index (κ1) is 15.6. The molecule has 0 aliphatic carbocycles. The van der Waals surface area contributed by atoms with Crippen molar-refractivity contribution in [1.29, 1.82) is 0 Å². The molecule has 1 aromatic carbocycles. The number of piperazine rings is 1. The summed E-state index contributed by atoms with van der Waals surface area (Å²) in [6, 6.07) is 6.12. The van der Waals surface area contributed by atoms with Crippen LogP contribution in [0, 0.1) is 0 Å². The van der Waals surface area contributed by atoms with E-state index in [0.29, 0.717) is 11.7 Å². The number of amides is 1. The van der Waals surface area contributed by atoms with Crippen LogP contribution < -0.4 is 10.6 Å². The van der Waals surface area contributed by atoms with Gasteiger partial charge in [-0.05, 0) is 32.0 Å². The Morgan fingerprint density at radius 1 is 1.19 bits per heavy atom. The molecule has 1 heterocycles. The summed E-state index contributed by atoms with van der Waals surface area (Å²) in [4.78, 5) is 18.7. The minimum Gasteiger partial charge on any atom is -0.399 e. The predicted molar refractivity (Wildman–Crippen MR) is 87.8 cm³/mol. The second-order valence-corrected chi connectivity index (χ2v) is 6.09. The van der Waals surface area contributed by atoms with E-state index in [0.717, 1.165) is 37.4 Å². The van der Waals surface area contributed by atoms with Crippen molar-refractivity contribution in [1.82, 2.24) is 9.80 Å². The van der Waals surface area contributed by atoms with Crippen LogP contribution in [-0.4, -0.2) is 62.0 Å². The van der Waals surface area contributed by atoms with E-state index in [1.165, 1.54) is 0 Å². The Hall–Kier alpha value is -1.75. The molecule has 0 atom stereocenters. The highest BCUT2D eigenvalue weighted by Gasteiger charge is 2.23. The summed E-state index contributed by atoms with van der Waals surface area (Å²) in [5, 5.41) is 0. The molecule has 5 nitrogen and oxygen atoms in total. The summed E-state index contributed by atoms with van der Waals surface area (Å²) in [5.41, 5.74) is 8.31. The Balaban J connectivity index is 2.23. The first-order valence-electron chi connectivity index (χ1n) is 7.50. The van der Waals surface area contributed by atoms with Gasteiger partial charge in [0.25, 0.3) is 5.91 Å². The number of nitrogen functional groups attached to an aromatic ring is 1. The van der Waals surface area contributed by atoms with Gasteiger partial charge in [0.2, 0.25) is 0 Å². The number of carbonyl (C=O) groups excluding carboxylic acids is 1. The van der Waals surface area contributed by atoms with Crippen molar-refractivity contribution in [2.75, 3.05) is 50.9 Å². The molecular weight excluding hydrogens is 264 g/mol. The standard InChI is InChI=1S/C16H26N4O/c1-12(2)19-7-9-20(10-8-19)15-11-13(17)5-6-14(15)16(21)18(3)4/h5-6,11-12H,7-10,17H2,1-4H3. The molecule has 0 unspecified atom stereocenters. The molecule has 116 valence electrons. The topological polar surface area (TPSA) is 52.8 Å². The van der Waals surface area contributed by atoms with Crippen LogP contribution in [0.25, 0.3) is 0 Å². The van der Waals surface area contributed by atoms with Gasteiger partial charge in [-0.2, -0.15) is 0 Å². The molecule has 1 amide bonds. The SMILES string of the molecule is CC(C)N1CCN(c2cc(N)ccc2C(=O)N(C)C)CC1. The molecule has 1 fully saturated rings. The molecule has 0 radical (unpaired) electrons. The number of hydrogen-bond donors (Lipinski definition) is 1. The van der Waals surface area contributed by atoms with Gasteiger partial charge in [-0.3, -0.25) is 9.69 Å². The highest BCUT2D eigenvalue weighted by molar-refractivity contribution is 6.00. The fourth-order valence-corrected chi connectivity index (χ4v) is 2.71. The number of nitrogens with zero attached hydrogens (tertiary/aromatic N) is 3. The van der Waals surface area contributed by atoms with Crippen LogP contribution in [0.5, 0.6) is 0 Å². The van der Waals surface area contributed by atoms with Crippen molar-refractivity contribution >= 4 is 17.3 Å². The summed E-state index contributed by atoms with van der Waals surface area (Å²) in [6.07, 6.45) is 0. The molecule has 0 saturated carbocycles. The van der Waals surface area contributed by atoms with Crippen LogP contribution in [0.1, 0.15) is 24.2 Å². The molecule has 1 aliphatic rings. The van der Waals surface area contributed by atoms with E-state index in [2.05, 4.69) is 23.6 Å².